The standard InChI is InChI=1S/C15H15IO3/c1-3-5-7-18-15-11(6-4-2)14-12(17)8-10(16)9-13(14)19-15/h8-9,15H,4,6-7H2,1-2H3. The van der Waals surface area contributed by atoms with Crippen LogP contribution in [0.5, 0.6) is 0 Å². The molecule has 1 aliphatic carbocycles. The van der Waals surface area contributed by atoms with Crippen molar-refractivity contribution in [3.05, 3.63) is 32.6 Å². The monoisotopic (exact) mass is 370 g/mol. The van der Waals surface area contributed by atoms with Crippen LogP contribution in [0.15, 0.2) is 32.6 Å². The van der Waals surface area contributed by atoms with Gasteiger partial charge in [-0.15, -0.1) is 5.92 Å². The Morgan fingerprint density at radius 1 is 1.47 bits per heavy atom. The Morgan fingerprint density at radius 2 is 2.26 bits per heavy atom. The molecule has 1 aliphatic heterocycles. The van der Waals surface area contributed by atoms with Crippen LogP contribution in [0.4, 0.5) is 0 Å². The van der Waals surface area contributed by atoms with Crippen molar-refractivity contribution in [2.45, 2.75) is 33.0 Å². The smallest absolute Gasteiger partial charge is 0.224 e. The van der Waals surface area contributed by atoms with Crippen LogP contribution in [0.2, 0.25) is 0 Å². The van der Waals surface area contributed by atoms with E-state index in [-0.39, 0.29) is 5.78 Å². The van der Waals surface area contributed by atoms with E-state index in [1.54, 1.807) is 13.0 Å². The normalized spacial score (nSPS) is 21.2. The van der Waals surface area contributed by atoms with Gasteiger partial charge in [0.05, 0.1) is 5.57 Å². The zero-order valence-electron chi connectivity index (χ0n) is 11.0. The van der Waals surface area contributed by atoms with E-state index in [0.717, 1.165) is 22.0 Å². The van der Waals surface area contributed by atoms with Crippen LogP contribution in [0.3, 0.4) is 0 Å². The third-order valence-corrected chi connectivity index (χ3v) is 3.50. The highest BCUT2D eigenvalue weighted by molar-refractivity contribution is 14.1. The van der Waals surface area contributed by atoms with Crippen molar-refractivity contribution in [3.63, 3.8) is 0 Å². The minimum atomic E-state index is -0.471. The van der Waals surface area contributed by atoms with Gasteiger partial charge in [0.15, 0.2) is 5.78 Å². The van der Waals surface area contributed by atoms with Crippen LogP contribution in [0.25, 0.3) is 0 Å². The number of carbonyl (C=O) groups is 1. The Labute approximate surface area is 126 Å². The van der Waals surface area contributed by atoms with Gasteiger partial charge in [-0.3, -0.25) is 4.79 Å². The molecule has 19 heavy (non-hydrogen) atoms. The van der Waals surface area contributed by atoms with Gasteiger partial charge in [0.25, 0.3) is 0 Å². The largest absolute Gasteiger partial charge is 0.460 e. The molecular weight excluding hydrogens is 355 g/mol. The molecule has 0 saturated heterocycles. The second kappa shape index (κ2) is 6.40. The number of ketones is 1. The molecule has 0 fully saturated rings. The summed E-state index contributed by atoms with van der Waals surface area (Å²) in [6.07, 6.45) is 4.78. The number of ether oxygens (including phenoxy) is 2. The maximum Gasteiger partial charge on any atom is 0.224 e. The molecule has 0 aromatic carbocycles. The van der Waals surface area contributed by atoms with Gasteiger partial charge < -0.3 is 9.47 Å². The topological polar surface area (TPSA) is 35.5 Å². The predicted octanol–water partition coefficient (Wildman–Crippen LogP) is 3.26. The Bertz CT molecular complexity index is 543. The van der Waals surface area contributed by atoms with Crippen LogP contribution in [-0.4, -0.2) is 18.7 Å². The van der Waals surface area contributed by atoms with E-state index >= 15 is 0 Å². The summed E-state index contributed by atoms with van der Waals surface area (Å²) in [6.45, 7) is 4.15. The summed E-state index contributed by atoms with van der Waals surface area (Å²) in [5.41, 5.74) is 1.62. The summed E-state index contributed by atoms with van der Waals surface area (Å²) in [6, 6.07) is 0. The molecule has 2 rings (SSSR count). The molecule has 0 amide bonds. The van der Waals surface area contributed by atoms with Crippen molar-refractivity contribution in [1.82, 2.24) is 0 Å². The first-order valence-corrected chi connectivity index (χ1v) is 7.29. The van der Waals surface area contributed by atoms with Gasteiger partial charge in [-0.2, -0.15) is 0 Å². The first-order valence-electron chi connectivity index (χ1n) is 6.21. The molecule has 1 atom stereocenters. The predicted molar refractivity (Wildman–Crippen MR) is 81.4 cm³/mol. The molecule has 2 aliphatic rings. The van der Waals surface area contributed by atoms with E-state index in [0.29, 0.717) is 17.9 Å². The zero-order valence-corrected chi connectivity index (χ0v) is 13.1. The van der Waals surface area contributed by atoms with E-state index in [9.17, 15) is 4.79 Å². The molecule has 1 heterocycles. The molecule has 1 unspecified atom stereocenters. The number of carbonyl (C=O) groups excluding carboxylic acids is 1. The molecule has 3 nitrogen and oxygen atoms in total. The van der Waals surface area contributed by atoms with Crippen LogP contribution >= 0.6 is 22.6 Å². The lowest BCUT2D eigenvalue weighted by atomic mass is 9.97. The van der Waals surface area contributed by atoms with Gasteiger partial charge in [0.2, 0.25) is 6.29 Å². The van der Waals surface area contributed by atoms with Crippen molar-refractivity contribution >= 4 is 28.4 Å². The highest BCUT2D eigenvalue weighted by Gasteiger charge is 2.35. The van der Waals surface area contributed by atoms with Crippen molar-refractivity contribution in [3.8, 4) is 11.8 Å². The summed E-state index contributed by atoms with van der Waals surface area (Å²) >= 11 is 2.12. The van der Waals surface area contributed by atoms with E-state index in [1.165, 1.54) is 0 Å². The van der Waals surface area contributed by atoms with Crippen LogP contribution in [0, 0.1) is 11.8 Å². The summed E-state index contributed by atoms with van der Waals surface area (Å²) in [7, 11) is 0. The Hall–Kier alpha value is -1.06. The van der Waals surface area contributed by atoms with Crippen molar-refractivity contribution in [2.75, 3.05) is 6.61 Å². The summed E-state index contributed by atoms with van der Waals surface area (Å²) in [5, 5.41) is 0. The highest BCUT2D eigenvalue weighted by atomic mass is 127. The molecule has 0 aromatic heterocycles. The lowest BCUT2D eigenvalue weighted by molar-refractivity contribution is -0.111. The van der Waals surface area contributed by atoms with Gasteiger partial charge in [-0.05, 0) is 48.1 Å². The molecule has 0 N–H and O–H groups in total. The highest BCUT2D eigenvalue weighted by Crippen LogP contribution is 2.38. The number of fused-ring (bicyclic) bond motifs is 1. The number of hydrogen-bond donors (Lipinski definition) is 0. The fourth-order valence-corrected chi connectivity index (χ4v) is 2.67. The maximum atomic E-state index is 12.1. The third-order valence-electron chi connectivity index (χ3n) is 2.87. The molecule has 0 saturated carbocycles. The van der Waals surface area contributed by atoms with E-state index in [1.807, 2.05) is 6.08 Å². The SMILES string of the molecule is CC#CCOC1OC2=CC(I)=CC(=O)C2=C1CCC. The molecule has 100 valence electrons. The number of halogens is 1. The Morgan fingerprint density at radius 3 is 2.95 bits per heavy atom. The summed E-state index contributed by atoms with van der Waals surface area (Å²) < 4.78 is 12.2. The molecule has 0 radical (unpaired) electrons. The van der Waals surface area contributed by atoms with Gasteiger partial charge in [0.1, 0.15) is 12.4 Å². The second-order valence-electron chi connectivity index (χ2n) is 4.24. The molecule has 0 bridgehead atoms. The van der Waals surface area contributed by atoms with Crippen LogP contribution in [0.1, 0.15) is 26.7 Å². The Balaban J connectivity index is 2.27. The molecule has 4 heteroatoms. The fourth-order valence-electron chi connectivity index (χ4n) is 2.11. The van der Waals surface area contributed by atoms with E-state index in [2.05, 4.69) is 41.4 Å². The van der Waals surface area contributed by atoms with Crippen LogP contribution < -0.4 is 0 Å². The van der Waals surface area contributed by atoms with Crippen molar-refractivity contribution < 1.29 is 14.3 Å². The van der Waals surface area contributed by atoms with Gasteiger partial charge in [-0.25, -0.2) is 0 Å². The second-order valence-corrected chi connectivity index (χ2v) is 5.49. The average molecular weight is 370 g/mol. The average Bonchev–Trinajstić information content (AvgIpc) is 2.68. The lowest BCUT2D eigenvalue weighted by Crippen LogP contribution is -2.15. The lowest BCUT2D eigenvalue weighted by Gasteiger charge is -2.14. The number of rotatable bonds is 4. The van der Waals surface area contributed by atoms with E-state index < -0.39 is 6.29 Å². The quantitative estimate of drug-likeness (QED) is 0.563. The van der Waals surface area contributed by atoms with Crippen molar-refractivity contribution in [2.24, 2.45) is 0 Å². The fraction of sp³-hybridized carbons (Fsp3) is 0.400. The van der Waals surface area contributed by atoms with Gasteiger partial charge in [0, 0.05) is 9.15 Å². The van der Waals surface area contributed by atoms with Gasteiger partial charge in [-0.1, -0.05) is 19.3 Å². The third kappa shape index (κ3) is 3.10. The number of allylic oxidation sites excluding steroid dienone is 4. The van der Waals surface area contributed by atoms with Crippen molar-refractivity contribution in [1.29, 1.82) is 0 Å². The first kappa shape index (κ1) is 14.4. The molecule has 0 aromatic rings. The van der Waals surface area contributed by atoms with E-state index in [4.69, 9.17) is 9.47 Å². The maximum absolute atomic E-state index is 12.1. The Kier molecular flexibility index (Phi) is 4.83. The zero-order chi connectivity index (χ0) is 13.8. The van der Waals surface area contributed by atoms with Crippen LogP contribution in [-0.2, 0) is 14.3 Å². The minimum absolute atomic E-state index is 0.0121. The molecule has 0 spiro atoms. The summed E-state index contributed by atoms with van der Waals surface area (Å²) in [5.74, 6) is 6.27. The first-order chi connectivity index (χ1) is 9.17. The minimum Gasteiger partial charge on any atom is -0.460 e. The summed E-state index contributed by atoms with van der Waals surface area (Å²) in [4.78, 5) is 12.1. The number of hydrogen-bond acceptors (Lipinski definition) is 3. The van der Waals surface area contributed by atoms with Gasteiger partial charge >= 0.3 is 0 Å². The molecular formula is C15H15IO3.